The fourth-order valence-corrected chi connectivity index (χ4v) is 2.81. The topological polar surface area (TPSA) is 30.4 Å². The summed E-state index contributed by atoms with van der Waals surface area (Å²) in [5.74, 6) is 0.270. The molecule has 0 aliphatic carbocycles. The fraction of sp³-hybridized carbons (Fsp3) is 0.267. The van der Waals surface area contributed by atoms with Gasteiger partial charge in [-0.15, -0.1) is 0 Å². The number of hydrogen-bond acceptors (Lipinski definition) is 2. The van der Waals surface area contributed by atoms with Crippen molar-refractivity contribution in [3.8, 4) is 11.1 Å². The second-order valence-corrected chi connectivity index (χ2v) is 5.98. The molecule has 0 saturated carbocycles. The number of oxazole rings is 1. The zero-order chi connectivity index (χ0) is 14.4. The van der Waals surface area contributed by atoms with Crippen LogP contribution in [0, 0.1) is 6.92 Å². The van der Waals surface area contributed by atoms with Crippen molar-refractivity contribution in [2.75, 3.05) is 0 Å². The summed E-state index contributed by atoms with van der Waals surface area (Å²) in [6.07, 6.45) is 1.69. The molecule has 0 aliphatic heterocycles. The van der Waals surface area contributed by atoms with Gasteiger partial charge in [0.2, 0.25) is 5.71 Å². The van der Waals surface area contributed by atoms with E-state index in [9.17, 15) is 0 Å². The average Bonchev–Trinajstić information content (AvgIpc) is 2.90. The Bertz CT molecular complexity index is 787. The van der Waals surface area contributed by atoms with Gasteiger partial charge in [-0.2, -0.15) is 5.10 Å². The highest BCUT2D eigenvalue weighted by Gasteiger charge is 2.22. The van der Waals surface area contributed by atoms with Crippen molar-refractivity contribution < 1.29 is 4.42 Å². The number of hydrogen-bond donors (Lipinski definition) is 0. The summed E-state index contributed by atoms with van der Waals surface area (Å²) in [4.78, 5) is 0. The van der Waals surface area contributed by atoms with Crippen LogP contribution in [0.3, 0.4) is 0 Å². The standard InChI is InChI=1S/C15H14Cl2N2O/c1-8(2)14-13(11-5-4-10(16)6-12(11)17)15-19(18-14)9(3)7-20-15/h4-8H,1-3H3. The quantitative estimate of drug-likeness (QED) is 0.640. The highest BCUT2D eigenvalue weighted by atomic mass is 35.5. The van der Waals surface area contributed by atoms with Crippen molar-refractivity contribution in [2.24, 2.45) is 0 Å². The first kappa shape index (κ1) is 13.5. The van der Waals surface area contributed by atoms with Crippen LogP contribution >= 0.6 is 23.2 Å². The molecular formula is C15H14Cl2N2O. The highest BCUT2D eigenvalue weighted by Crippen LogP contribution is 2.38. The maximum atomic E-state index is 6.34. The minimum absolute atomic E-state index is 0.270. The summed E-state index contributed by atoms with van der Waals surface area (Å²) in [5, 5.41) is 5.86. The lowest BCUT2D eigenvalue weighted by Crippen LogP contribution is -1.93. The fourth-order valence-electron chi connectivity index (χ4n) is 2.31. The van der Waals surface area contributed by atoms with E-state index in [1.807, 2.05) is 23.6 Å². The average molecular weight is 309 g/mol. The normalized spacial score (nSPS) is 11.7. The number of aryl methyl sites for hydroxylation is 1. The van der Waals surface area contributed by atoms with E-state index in [1.54, 1.807) is 12.3 Å². The van der Waals surface area contributed by atoms with Gasteiger partial charge < -0.3 is 4.42 Å². The largest absolute Gasteiger partial charge is 0.444 e. The molecule has 20 heavy (non-hydrogen) atoms. The minimum atomic E-state index is 0.270. The number of halogens is 2. The Morgan fingerprint density at radius 2 is 2.00 bits per heavy atom. The van der Waals surface area contributed by atoms with Gasteiger partial charge in [-0.3, -0.25) is 0 Å². The SMILES string of the molecule is Cc1coc2c(-c3ccc(Cl)cc3Cl)c(C(C)C)nn12. The molecule has 5 heteroatoms. The molecular weight excluding hydrogens is 295 g/mol. The van der Waals surface area contributed by atoms with Gasteiger partial charge in [-0.1, -0.05) is 43.1 Å². The van der Waals surface area contributed by atoms with Crippen molar-refractivity contribution in [2.45, 2.75) is 26.7 Å². The van der Waals surface area contributed by atoms with Crippen LogP contribution < -0.4 is 0 Å². The van der Waals surface area contributed by atoms with E-state index in [-0.39, 0.29) is 5.92 Å². The third-order valence-corrected chi connectivity index (χ3v) is 3.84. The Balaban J connectivity index is 2.35. The molecule has 0 aliphatic rings. The van der Waals surface area contributed by atoms with E-state index in [2.05, 4.69) is 18.9 Å². The number of benzene rings is 1. The summed E-state index contributed by atoms with van der Waals surface area (Å²) >= 11 is 12.3. The molecule has 0 bridgehead atoms. The second kappa shape index (κ2) is 4.83. The van der Waals surface area contributed by atoms with Crippen LogP contribution in [0.2, 0.25) is 10.0 Å². The first-order valence-electron chi connectivity index (χ1n) is 6.41. The number of nitrogens with zero attached hydrogens (tertiary/aromatic N) is 2. The lowest BCUT2D eigenvalue weighted by molar-refractivity contribution is 0.606. The molecule has 0 unspecified atom stereocenters. The van der Waals surface area contributed by atoms with E-state index < -0.39 is 0 Å². The first-order chi connectivity index (χ1) is 9.49. The van der Waals surface area contributed by atoms with Gasteiger partial charge in [0, 0.05) is 10.6 Å². The van der Waals surface area contributed by atoms with E-state index in [0.717, 1.165) is 28.2 Å². The van der Waals surface area contributed by atoms with Gasteiger partial charge in [0.25, 0.3) is 0 Å². The predicted molar refractivity (Wildman–Crippen MR) is 81.7 cm³/mol. The van der Waals surface area contributed by atoms with Crippen molar-refractivity contribution in [3.05, 3.63) is 45.9 Å². The predicted octanol–water partition coefficient (Wildman–Crippen LogP) is 5.33. The van der Waals surface area contributed by atoms with Gasteiger partial charge >= 0.3 is 0 Å². The van der Waals surface area contributed by atoms with E-state index in [4.69, 9.17) is 27.6 Å². The summed E-state index contributed by atoms with van der Waals surface area (Å²) in [6.45, 7) is 6.16. The van der Waals surface area contributed by atoms with Crippen LogP contribution in [-0.2, 0) is 0 Å². The molecule has 2 heterocycles. The molecule has 1 aromatic carbocycles. The molecule has 3 rings (SSSR count). The zero-order valence-corrected chi connectivity index (χ0v) is 13.0. The molecule has 0 spiro atoms. The molecule has 3 aromatic rings. The second-order valence-electron chi connectivity index (χ2n) is 5.13. The summed E-state index contributed by atoms with van der Waals surface area (Å²) in [6, 6.07) is 5.47. The van der Waals surface area contributed by atoms with Crippen molar-refractivity contribution in [1.82, 2.24) is 9.61 Å². The molecule has 0 N–H and O–H groups in total. The van der Waals surface area contributed by atoms with Gasteiger partial charge in [0.1, 0.15) is 6.26 Å². The third-order valence-electron chi connectivity index (χ3n) is 3.29. The third kappa shape index (κ3) is 2.02. The molecule has 3 nitrogen and oxygen atoms in total. The Kier molecular flexibility index (Phi) is 3.27. The van der Waals surface area contributed by atoms with Crippen LogP contribution in [0.5, 0.6) is 0 Å². The van der Waals surface area contributed by atoms with Crippen molar-refractivity contribution >= 4 is 28.9 Å². The molecule has 0 atom stereocenters. The Labute approximate surface area is 127 Å². The van der Waals surface area contributed by atoms with Gasteiger partial charge in [0.05, 0.1) is 22.0 Å². The molecule has 104 valence electrons. The molecule has 0 amide bonds. The zero-order valence-electron chi connectivity index (χ0n) is 11.4. The van der Waals surface area contributed by atoms with Crippen LogP contribution in [-0.4, -0.2) is 9.61 Å². The van der Waals surface area contributed by atoms with Crippen molar-refractivity contribution in [1.29, 1.82) is 0 Å². The lowest BCUT2D eigenvalue weighted by atomic mass is 10.00. The Morgan fingerprint density at radius 1 is 1.25 bits per heavy atom. The summed E-state index contributed by atoms with van der Waals surface area (Å²) in [5.41, 5.74) is 4.48. The van der Waals surface area contributed by atoms with E-state index in [1.165, 1.54) is 0 Å². The Hall–Kier alpha value is -1.45. The number of fused-ring (bicyclic) bond motifs is 1. The van der Waals surface area contributed by atoms with Gasteiger partial charge in [0.15, 0.2) is 0 Å². The van der Waals surface area contributed by atoms with Gasteiger partial charge in [-0.05, 0) is 25.0 Å². The first-order valence-corrected chi connectivity index (χ1v) is 7.16. The summed E-state index contributed by atoms with van der Waals surface area (Å²) < 4.78 is 7.47. The smallest absolute Gasteiger partial charge is 0.229 e. The van der Waals surface area contributed by atoms with Crippen LogP contribution in [0.15, 0.2) is 28.9 Å². The molecule has 2 aromatic heterocycles. The summed E-state index contributed by atoms with van der Waals surface area (Å²) in [7, 11) is 0. The van der Waals surface area contributed by atoms with E-state index in [0.29, 0.717) is 10.0 Å². The van der Waals surface area contributed by atoms with Crippen LogP contribution in [0.1, 0.15) is 31.2 Å². The minimum Gasteiger partial charge on any atom is -0.444 e. The van der Waals surface area contributed by atoms with Gasteiger partial charge in [-0.25, -0.2) is 4.52 Å². The van der Waals surface area contributed by atoms with Crippen molar-refractivity contribution in [3.63, 3.8) is 0 Å². The maximum Gasteiger partial charge on any atom is 0.229 e. The highest BCUT2D eigenvalue weighted by molar-refractivity contribution is 6.36. The number of aromatic nitrogens is 2. The molecule has 0 saturated heterocycles. The number of rotatable bonds is 2. The van der Waals surface area contributed by atoms with E-state index >= 15 is 0 Å². The van der Waals surface area contributed by atoms with Crippen LogP contribution in [0.25, 0.3) is 16.8 Å². The Morgan fingerprint density at radius 3 is 2.65 bits per heavy atom. The molecule has 0 fully saturated rings. The lowest BCUT2D eigenvalue weighted by Gasteiger charge is -2.07. The monoisotopic (exact) mass is 308 g/mol. The molecule has 0 radical (unpaired) electrons. The maximum absolute atomic E-state index is 6.34. The van der Waals surface area contributed by atoms with Crippen LogP contribution in [0.4, 0.5) is 0 Å².